The summed E-state index contributed by atoms with van der Waals surface area (Å²) in [5, 5.41) is 10.6. The van der Waals surface area contributed by atoms with Gasteiger partial charge < -0.3 is 33.8 Å². The lowest BCUT2D eigenvalue weighted by Crippen LogP contribution is -2.30. The molecule has 0 aliphatic heterocycles. The highest BCUT2D eigenvalue weighted by Gasteiger charge is 2.30. The van der Waals surface area contributed by atoms with Crippen molar-refractivity contribution in [1.29, 1.82) is 0 Å². The largest absolute Gasteiger partial charge is 0.472 e. The fourth-order valence-electron chi connectivity index (χ4n) is 12.7. The van der Waals surface area contributed by atoms with Crippen LogP contribution in [0.25, 0.3) is 0 Å². The molecule has 600 valence electrons. The Bertz CT molecular complexity index is 1940. The standard InChI is InChI=1S/C82H160O17P2/c1-7-10-12-14-16-18-20-22-24-26-28-30-32-34-36-38-40-45-52-58-64-79(84)92-70-77(98-81(86)66-60-54-46-41-39-37-35-33-31-29-27-25-23-21-19-17-15-13-11-8-2)72-96-100(88,89)94-68-76(83)69-95-101(90,91)97-73-78(71-93-80(85)65-59-53-49-48-50-56-62-74(4)5)99-82(87)67-61-55-47-43-42-44-51-57-63-75(6)9-3/h74-78,83H,7-73H2,1-6H3,(H,88,89)(H,90,91)/t75?,76-,77-,78-/m1/s1. The summed E-state index contributed by atoms with van der Waals surface area (Å²) >= 11 is 0. The van der Waals surface area contributed by atoms with Crippen LogP contribution in [0, 0.1) is 11.8 Å². The van der Waals surface area contributed by atoms with Crippen LogP contribution < -0.4 is 0 Å². The highest BCUT2D eigenvalue weighted by molar-refractivity contribution is 7.47. The number of phosphoric ester groups is 2. The van der Waals surface area contributed by atoms with Crippen molar-refractivity contribution in [2.24, 2.45) is 11.8 Å². The monoisotopic (exact) mass is 1480 g/mol. The van der Waals surface area contributed by atoms with Gasteiger partial charge in [-0.25, -0.2) is 9.13 Å². The molecule has 0 bridgehead atoms. The fourth-order valence-corrected chi connectivity index (χ4v) is 14.3. The van der Waals surface area contributed by atoms with Crippen molar-refractivity contribution in [2.75, 3.05) is 39.6 Å². The highest BCUT2D eigenvalue weighted by Crippen LogP contribution is 2.45. The van der Waals surface area contributed by atoms with Gasteiger partial charge in [0.05, 0.1) is 26.4 Å². The van der Waals surface area contributed by atoms with E-state index in [9.17, 15) is 43.2 Å². The van der Waals surface area contributed by atoms with Gasteiger partial charge in [0, 0.05) is 25.7 Å². The summed E-state index contributed by atoms with van der Waals surface area (Å²) in [6.07, 6.45) is 64.2. The number of hydrogen-bond donors (Lipinski definition) is 3. The van der Waals surface area contributed by atoms with Crippen LogP contribution in [0.5, 0.6) is 0 Å². The Morgan fingerprint density at radius 1 is 0.287 bits per heavy atom. The number of phosphoric acid groups is 2. The van der Waals surface area contributed by atoms with E-state index in [0.717, 1.165) is 102 Å². The van der Waals surface area contributed by atoms with E-state index in [1.165, 1.54) is 244 Å². The molecule has 0 aromatic rings. The molecule has 0 radical (unpaired) electrons. The molecule has 0 heterocycles. The van der Waals surface area contributed by atoms with E-state index in [1.54, 1.807) is 0 Å². The molecule has 101 heavy (non-hydrogen) atoms. The number of ether oxygens (including phenoxy) is 4. The van der Waals surface area contributed by atoms with Gasteiger partial charge in [-0.1, -0.05) is 382 Å². The summed E-state index contributed by atoms with van der Waals surface area (Å²) in [4.78, 5) is 73.0. The first-order chi connectivity index (χ1) is 48.9. The van der Waals surface area contributed by atoms with E-state index < -0.39 is 97.5 Å². The van der Waals surface area contributed by atoms with E-state index in [1.807, 2.05) is 0 Å². The smallest absolute Gasteiger partial charge is 0.462 e. The molecule has 3 N–H and O–H groups in total. The lowest BCUT2D eigenvalue weighted by atomic mass is 9.99. The normalized spacial score (nSPS) is 14.2. The van der Waals surface area contributed by atoms with E-state index in [0.29, 0.717) is 31.6 Å². The molecular formula is C82H160O17P2. The van der Waals surface area contributed by atoms with E-state index in [-0.39, 0.29) is 25.7 Å². The third kappa shape index (κ3) is 74.7. The second-order valence-corrected chi connectivity index (χ2v) is 33.1. The summed E-state index contributed by atoms with van der Waals surface area (Å²) in [6, 6.07) is 0. The van der Waals surface area contributed by atoms with Crippen molar-refractivity contribution in [3.63, 3.8) is 0 Å². The van der Waals surface area contributed by atoms with Gasteiger partial charge in [-0.2, -0.15) is 0 Å². The summed E-state index contributed by atoms with van der Waals surface area (Å²) < 4.78 is 68.7. The maximum atomic E-state index is 13.1. The minimum Gasteiger partial charge on any atom is -0.462 e. The van der Waals surface area contributed by atoms with Crippen LogP contribution in [0.2, 0.25) is 0 Å². The predicted octanol–water partition coefficient (Wildman–Crippen LogP) is 24.7. The Labute approximate surface area is 619 Å². The molecule has 19 heteroatoms. The van der Waals surface area contributed by atoms with Gasteiger partial charge >= 0.3 is 39.5 Å². The minimum atomic E-state index is -4.96. The molecule has 3 unspecified atom stereocenters. The topological polar surface area (TPSA) is 237 Å². The van der Waals surface area contributed by atoms with Crippen LogP contribution in [0.15, 0.2) is 0 Å². The van der Waals surface area contributed by atoms with E-state index in [2.05, 4.69) is 41.5 Å². The lowest BCUT2D eigenvalue weighted by Gasteiger charge is -2.21. The molecule has 17 nitrogen and oxygen atoms in total. The van der Waals surface area contributed by atoms with E-state index >= 15 is 0 Å². The van der Waals surface area contributed by atoms with Gasteiger partial charge in [0.15, 0.2) is 12.2 Å². The molecule has 0 spiro atoms. The first-order valence-electron chi connectivity index (χ1n) is 42.5. The van der Waals surface area contributed by atoms with Crippen molar-refractivity contribution in [1.82, 2.24) is 0 Å². The molecule has 0 aromatic carbocycles. The average molecular weight is 1480 g/mol. The average Bonchev–Trinajstić information content (AvgIpc) is 0.921. The van der Waals surface area contributed by atoms with Crippen molar-refractivity contribution < 1.29 is 80.2 Å². The third-order valence-corrected chi connectivity index (χ3v) is 21.5. The molecular weight excluding hydrogens is 1320 g/mol. The molecule has 0 aromatic heterocycles. The quantitative estimate of drug-likeness (QED) is 0.0222. The van der Waals surface area contributed by atoms with E-state index in [4.69, 9.17) is 37.0 Å². The fraction of sp³-hybridized carbons (Fsp3) is 0.951. The molecule has 0 amide bonds. The Kier molecular flexibility index (Phi) is 72.2. The molecule has 0 aliphatic rings. The van der Waals surface area contributed by atoms with Gasteiger partial charge in [-0.15, -0.1) is 0 Å². The molecule has 0 saturated carbocycles. The van der Waals surface area contributed by atoms with Gasteiger partial charge in [-0.05, 0) is 37.5 Å². The van der Waals surface area contributed by atoms with Gasteiger partial charge in [0.25, 0.3) is 0 Å². The van der Waals surface area contributed by atoms with Crippen LogP contribution >= 0.6 is 15.6 Å². The first kappa shape index (κ1) is 99.1. The van der Waals surface area contributed by atoms with Gasteiger partial charge in [-0.3, -0.25) is 37.3 Å². The number of aliphatic hydroxyl groups excluding tert-OH is 1. The molecule has 0 rings (SSSR count). The van der Waals surface area contributed by atoms with Crippen molar-refractivity contribution in [3.8, 4) is 0 Å². The third-order valence-electron chi connectivity index (χ3n) is 19.6. The zero-order valence-corrected chi connectivity index (χ0v) is 68.0. The number of esters is 4. The molecule has 0 aliphatic carbocycles. The second kappa shape index (κ2) is 73.6. The van der Waals surface area contributed by atoms with Crippen LogP contribution in [-0.2, 0) is 65.4 Å². The predicted molar refractivity (Wildman–Crippen MR) is 414 cm³/mol. The maximum absolute atomic E-state index is 13.1. The van der Waals surface area contributed by atoms with Crippen molar-refractivity contribution in [3.05, 3.63) is 0 Å². The second-order valence-electron chi connectivity index (χ2n) is 30.2. The van der Waals surface area contributed by atoms with Crippen LogP contribution in [0.3, 0.4) is 0 Å². The van der Waals surface area contributed by atoms with Crippen LogP contribution in [0.4, 0.5) is 0 Å². The molecule has 0 fully saturated rings. The summed E-state index contributed by atoms with van der Waals surface area (Å²) in [5.41, 5.74) is 0. The Morgan fingerprint density at radius 2 is 0.505 bits per heavy atom. The summed E-state index contributed by atoms with van der Waals surface area (Å²) in [5.74, 6) is -0.664. The minimum absolute atomic E-state index is 0.104. The first-order valence-corrected chi connectivity index (χ1v) is 45.5. The number of carbonyl (C=O) groups excluding carboxylic acids is 4. The van der Waals surface area contributed by atoms with Gasteiger partial charge in [0.1, 0.15) is 19.3 Å². The Balaban J connectivity index is 5.20. The zero-order chi connectivity index (χ0) is 74.2. The lowest BCUT2D eigenvalue weighted by molar-refractivity contribution is -0.161. The molecule has 0 saturated heterocycles. The number of rotatable bonds is 81. The number of aliphatic hydroxyl groups is 1. The molecule has 6 atom stereocenters. The zero-order valence-electron chi connectivity index (χ0n) is 66.2. The van der Waals surface area contributed by atoms with Crippen LogP contribution in [0.1, 0.15) is 433 Å². The van der Waals surface area contributed by atoms with Crippen LogP contribution in [-0.4, -0.2) is 96.7 Å². The van der Waals surface area contributed by atoms with Crippen molar-refractivity contribution >= 4 is 39.5 Å². The number of carbonyl (C=O) groups is 4. The maximum Gasteiger partial charge on any atom is 0.472 e. The highest BCUT2D eigenvalue weighted by atomic mass is 31.2. The summed E-state index contributed by atoms with van der Waals surface area (Å²) in [7, 11) is -9.92. The Morgan fingerprint density at radius 3 is 0.752 bits per heavy atom. The van der Waals surface area contributed by atoms with Crippen molar-refractivity contribution in [2.45, 2.75) is 452 Å². The number of hydrogen-bond acceptors (Lipinski definition) is 15. The SMILES string of the molecule is CCCCCCCCCCCCCCCCCCCCCCC(=O)OC[C@H](COP(=O)(O)OC[C@@H](O)COP(=O)(O)OC[C@@H](COC(=O)CCCCCCCCC(C)C)OC(=O)CCCCCCCCCCC(C)CC)OC(=O)CCCCCCCCCCCCCCCCCCCCCC. The Hall–Kier alpha value is -1.94. The van der Waals surface area contributed by atoms with Gasteiger partial charge in [0.2, 0.25) is 0 Å². The number of unbranched alkanes of at least 4 members (excludes halogenated alkanes) is 50. The summed E-state index contributed by atoms with van der Waals surface area (Å²) in [6.45, 7) is 9.54.